The van der Waals surface area contributed by atoms with Crippen LogP contribution < -0.4 is 14.8 Å². The van der Waals surface area contributed by atoms with Crippen LogP contribution >= 0.6 is 23.2 Å². The molecule has 1 aromatic heterocycles. The van der Waals surface area contributed by atoms with E-state index in [1.54, 1.807) is 19.1 Å². The van der Waals surface area contributed by atoms with Crippen molar-refractivity contribution in [3.05, 3.63) is 39.6 Å². The molecule has 6 nitrogen and oxygen atoms in total. The number of nitrogens with one attached hydrogen (secondary N) is 2. The second kappa shape index (κ2) is 9.07. The molecule has 0 bridgehead atoms. The number of H-pyrrole nitrogens is 1. The number of benzene rings is 1. The smallest absolute Gasteiger partial charge is 0.273 e. The summed E-state index contributed by atoms with van der Waals surface area (Å²) in [6, 6.07) is 5.39. The van der Waals surface area contributed by atoms with E-state index in [4.69, 9.17) is 32.7 Å². The molecule has 0 unspecified atom stereocenters. The molecule has 8 heteroatoms. The minimum Gasteiger partial charge on any atom is -0.494 e. The molecule has 28 heavy (non-hydrogen) atoms. The Labute approximate surface area is 175 Å². The second-order valence-corrected chi connectivity index (χ2v) is 7.67. The zero-order chi connectivity index (χ0) is 20.3. The molecule has 2 aromatic rings. The van der Waals surface area contributed by atoms with Crippen LogP contribution in [0.5, 0.6) is 11.5 Å². The molecular formula is C20H25Cl2N3O3. The number of halogens is 2. The highest BCUT2D eigenvalue weighted by Crippen LogP contribution is 2.34. The van der Waals surface area contributed by atoms with Gasteiger partial charge in [0.15, 0.2) is 0 Å². The van der Waals surface area contributed by atoms with Crippen LogP contribution in [0.2, 0.25) is 10.0 Å². The van der Waals surface area contributed by atoms with E-state index in [0.29, 0.717) is 34.5 Å². The number of aromatic nitrogens is 1. The number of hydrogen-bond acceptors (Lipinski definition) is 4. The number of hydrogen-bond donors (Lipinski definition) is 2. The van der Waals surface area contributed by atoms with Gasteiger partial charge in [-0.05, 0) is 45.9 Å². The van der Waals surface area contributed by atoms with E-state index in [-0.39, 0.29) is 22.7 Å². The van der Waals surface area contributed by atoms with Gasteiger partial charge in [0, 0.05) is 24.8 Å². The molecule has 0 spiro atoms. The monoisotopic (exact) mass is 425 g/mol. The van der Waals surface area contributed by atoms with Crippen LogP contribution in [0.1, 0.15) is 35.9 Å². The standard InChI is InChI=1S/C20H25Cl2N3O3/c1-4-27-14-5-6-15(16(11-14)28-13-7-9-25(3)10-8-13)24-20(26)19-18(22)17(21)12(2)23-19/h5-6,11,13,23H,4,7-10H2,1-3H3,(H,24,26). The molecule has 1 aliphatic rings. The molecule has 1 aromatic carbocycles. The normalized spacial score (nSPS) is 15.5. The maximum atomic E-state index is 12.7. The van der Waals surface area contributed by atoms with E-state index in [9.17, 15) is 4.79 Å². The topological polar surface area (TPSA) is 66.6 Å². The van der Waals surface area contributed by atoms with Gasteiger partial charge in [-0.2, -0.15) is 0 Å². The van der Waals surface area contributed by atoms with Crippen molar-refractivity contribution in [2.75, 3.05) is 32.1 Å². The molecule has 2 heterocycles. The molecule has 1 aliphatic heterocycles. The van der Waals surface area contributed by atoms with Crippen molar-refractivity contribution in [3.8, 4) is 11.5 Å². The van der Waals surface area contributed by atoms with Crippen LogP contribution in [0, 0.1) is 6.92 Å². The SMILES string of the molecule is CCOc1ccc(NC(=O)c2[nH]c(C)c(Cl)c2Cl)c(OC2CCN(C)CC2)c1. The number of carbonyl (C=O) groups excluding carboxylic acids is 1. The molecular weight excluding hydrogens is 401 g/mol. The Morgan fingerprint density at radius 2 is 2.00 bits per heavy atom. The van der Waals surface area contributed by atoms with Crippen LogP contribution in [-0.2, 0) is 0 Å². The number of carbonyl (C=O) groups is 1. The van der Waals surface area contributed by atoms with Gasteiger partial charge >= 0.3 is 0 Å². The molecule has 0 saturated carbocycles. The second-order valence-electron chi connectivity index (χ2n) is 6.92. The predicted molar refractivity (Wildman–Crippen MR) is 112 cm³/mol. The van der Waals surface area contributed by atoms with Crippen molar-refractivity contribution >= 4 is 34.8 Å². The summed E-state index contributed by atoms with van der Waals surface area (Å²) in [5.74, 6) is 0.900. The fourth-order valence-electron chi connectivity index (χ4n) is 3.16. The van der Waals surface area contributed by atoms with Crippen molar-refractivity contribution in [2.45, 2.75) is 32.8 Å². The van der Waals surface area contributed by atoms with Crippen LogP contribution in [-0.4, -0.2) is 48.6 Å². The van der Waals surface area contributed by atoms with Crippen LogP contribution in [0.25, 0.3) is 0 Å². The molecule has 3 rings (SSSR count). The summed E-state index contributed by atoms with van der Waals surface area (Å²) in [6.45, 7) is 6.19. The fourth-order valence-corrected chi connectivity index (χ4v) is 3.57. The highest BCUT2D eigenvalue weighted by atomic mass is 35.5. The lowest BCUT2D eigenvalue weighted by atomic mass is 10.1. The van der Waals surface area contributed by atoms with Crippen molar-refractivity contribution in [3.63, 3.8) is 0 Å². The Morgan fingerprint density at radius 3 is 2.61 bits per heavy atom. The van der Waals surface area contributed by atoms with Gasteiger partial charge in [-0.1, -0.05) is 23.2 Å². The molecule has 152 valence electrons. The highest BCUT2D eigenvalue weighted by molar-refractivity contribution is 6.44. The summed E-state index contributed by atoms with van der Waals surface area (Å²) < 4.78 is 11.8. The van der Waals surface area contributed by atoms with Gasteiger partial charge in [0.2, 0.25) is 0 Å². The Kier molecular flexibility index (Phi) is 6.75. The van der Waals surface area contributed by atoms with Crippen molar-refractivity contribution in [1.29, 1.82) is 0 Å². The minimum absolute atomic E-state index is 0.0921. The third-order valence-corrected chi connectivity index (χ3v) is 5.70. The van der Waals surface area contributed by atoms with E-state index < -0.39 is 0 Å². The van der Waals surface area contributed by atoms with Gasteiger partial charge in [-0.3, -0.25) is 4.79 Å². The molecule has 1 fully saturated rings. The van der Waals surface area contributed by atoms with Gasteiger partial charge in [0.1, 0.15) is 23.3 Å². The highest BCUT2D eigenvalue weighted by Gasteiger charge is 2.22. The summed E-state index contributed by atoms with van der Waals surface area (Å²) in [7, 11) is 2.10. The maximum absolute atomic E-state index is 12.7. The Balaban J connectivity index is 1.82. The van der Waals surface area contributed by atoms with Crippen LogP contribution in [0.15, 0.2) is 18.2 Å². The number of piperidine rings is 1. The first-order chi connectivity index (χ1) is 13.4. The first-order valence-corrected chi connectivity index (χ1v) is 10.1. The van der Waals surface area contributed by atoms with Crippen LogP contribution in [0.4, 0.5) is 5.69 Å². The number of rotatable bonds is 6. The van der Waals surface area contributed by atoms with Gasteiger partial charge < -0.3 is 24.7 Å². The predicted octanol–water partition coefficient (Wildman–Crippen LogP) is 4.75. The lowest BCUT2D eigenvalue weighted by Crippen LogP contribution is -2.35. The van der Waals surface area contributed by atoms with Crippen molar-refractivity contribution in [2.24, 2.45) is 0 Å². The van der Waals surface area contributed by atoms with Crippen molar-refractivity contribution < 1.29 is 14.3 Å². The number of ether oxygens (including phenoxy) is 2. The Bertz CT molecular complexity index is 845. The summed E-state index contributed by atoms with van der Waals surface area (Å²) in [4.78, 5) is 17.9. The summed E-state index contributed by atoms with van der Waals surface area (Å²) in [6.07, 6.45) is 1.95. The number of nitrogens with zero attached hydrogens (tertiary/aromatic N) is 1. The van der Waals surface area contributed by atoms with E-state index in [0.717, 1.165) is 25.9 Å². The quantitative estimate of drug-likeness (QED) is 0.700. The minimum atomic E-state index is -0.377. The molecule has 0 atom stereocenters. The third-order valence-electron chi connectivity index (χ3n) is 4.75. The van der Waals surface area contributed by atoms with Gasteiger partial charge in [0.25, 0.3) is 5.91 Å². The summed E-state index contributed by atoms with van der Waals surface area (Å²) >= 11 is 12.3. The number of amides is 1. The van der Waals surface area contributed by atoms with E-state index in [2.05, 4.69) is 22.2 Å². The zero-order valence-corrected chi connectivity index (χ0v) is 17.8. The Morgan fingerprint density at radius 1 is 1.29 bits per heavy atom. The van der Waals surface area contributed by atoms with Gasteiger partial charge in [-0.15, -0.1) is 0 Å². The van der Waals surface area contributed by atoms with Crippen LogP contribution in [0.3, 0.4) is 0 Å². The third kappa shape index (κ3) is 4.74. The number of likely N-dealkylation sites (tertiary alicyclic amines) is 1. The fraction of sp³-hybridized carbons (Fsp3) is 0.450. The van der Waals surface area contributed by atoms with Gasteiger partial charge in [0.05, 0.1) is 22.3 Å². The molecule has 2 N–H and O–H groups in total. The van der Waals surface area contributed by atoms with Gasteiger partial charge in [-0.25, -0.2) is 0 Å². The van der Waals surface area contributed by atoms with E-state index >= 15 is 0 Å². The average molecular weight is 426 g/mol. The summed E-state index contributed by atoms with van der Waals surface area (Å²) in [5, 5.41) is 3.43. The average Bonchev–Trinajstić information content (AvgIpc) is 2.93. The number of anilines is 1. The largest absolute Gasteiger partial charge is 0.494 e. The lowest BCUT2D eigenvalue weighted by molar-refractivity contribution is 0.101. The first kappa shape index (κ1) is 20.8. The lowest BCUT2D eigenvalue weighted by Gasteiger charge is -2.30. The first-order valence-electron chi connectivity index (χ1n) is 9.36. The number of aromatic amines is 1. The zero-order valence-electron chi connectivity index (χ0n) is 16.3. The number of aryl methyl sites for hydroxylation is 1. The van der Waals surface area contributed by atoms with E-state index in [1.165, 1.54) is 0 Å². The molecule has 1 saturated heterocycles. The van der Waals surface area contributed by atoms with E-state index in [1.807, 2.05) is 13.0 Å². The molecule has 1 amide bonds. The maximum Gasteiger partial charge on any atom is 0.273 e. The molecule has 0 aliphatic carbocycles. The molecule has 0 radical (unpaired) electrons. The Hall–Kier alpha value is -1.89. The van der Waals surface area contributed by atoms with Crippen molar-refractivity contribution in [1.82, 2.24) is 9.88 Å². The summed E-state index contributed by atoms with van der Waals surface area (Å²) in [5.41, 5.74) is 1.43.